The summed E-state index contributed by atoms with van der Waals surface area (Å²) in [7, 11) is 3.12. The van der Waals surface area contributed by atoms with Gasteiger partial charge in [0.2, 0.25) is 5.91 Å². The van der Waals surface area contributed by atoms with Gasteiger partial charge in [0.05, 0.1) is 24.9 Å². The first kappa shape index (κ1) is 18.7. The van der Waals surface area contributed by atoms with Crippen LogP contribution in [-0.4, -0.2) is 32.2 Å². The number of halogens is 1. The lowest BCUT2D eigenvalue weighted by atomic mass is 9.86. The van der Waals surface area contributed by atoms with Crippen LogP contribution in [0.15, 0.2) is 12.1 Å². The van der Waals surface area contributed by atoms with Gasteiger partial charge in [-0.15, -0.1) is 0 Å². The Labute approximate surface area is 149 Å². The Morgan fingerprint density at radius 2 is 1.88 bits per heavy atom. The standard InChI is InChI=1S/C18H27ClN2O3/c1-11-7-5-6-8-14(11)21-18(22)12(2)20-15-9-13(19)16(23-3)10-17(15)24-4/h9-12,14,20H,5-8H2,1-4H3,(H,21,22)/t11-,12+,14+/m0/s1. The minimum Gasteiger partial charge on any atom is -0.495 e. The van der Waals surface area contributed by atoms with Gasteiger partial charge in [-0.3, -0.25) is 4.79 Å². The number of ether oxygens (including phenoxy) is 2. The monoisotopic (exact) mass is 354 g/mol. The first-order valence-electron chi connectivity index (χ1n) is 8.44. The summed E-state index contributed by atoms with van der Waals surface area (Å²) in [5, 5.41) is 6.81. The van der Waals surface area contributed by atoms with Gasteiger partial charge >= 0.3 is 0 Å². The maximum Gasteiger partial charge on any atom is 0.242 e. The summed E-state index contributed by atoms with van der Waals surface area (Å²) in [5.74, 6) is 1.64. The molecule has 2 rings (SSSR count). The van der Waals surface area contributed by atoms with Crippen LogP contribution in [0.4, 0.5) is 5.69 Å². The number of nitrogens with one attached hydrogen (secondary N) is 2. The highest BCUT2D eigenvalue weighted by Crippen LogP contribution is 2.36. The lowest BCUT2D eigenvalue weighted by Crippen LogP contribution is -2.46. The number of methoxy groups -OCH3 is 2. The number of hydrogen-bond acceptors (Lipinski definition) is 4. The Bertz CT molecular complexity index is 580. The fraction of sp³-hybridized carbons (Fsp3) is 0.611. The zero-order chi connectivity index (χ0) is 17.7. The van der Waals surface area contributed by atoms with E-state index in [4.69, 9.17) is 21.1 Å². The molecule has 3 atom stereocenters. The number of carbonyl (C=O) groups excluding carboxylic acids is 1. The summed E-state index contributed by atoms with van der Waals surface area (Å²) in [6.07, 6.45) is 4.66. The van der Waals surface area contributed by atoms with Crippen LogP contribution < -0.4 is 20.1 Å². The number of anilines is 1. The average molecular weight is 355 g/mol. The van der Waals surface area contributed by atoms with Crippen LogP contribution >= 0.6 is 11.6 Å². The minimum absolute atomic E-state index is 0.0113. The van der Waals surface area contributed by atoms with Gasteiger partial charge in [0, 0.05) is 12.1 Å². The first-order chi connectivity index (χ1) is 11.5. The van der Waals surface area contributed by atoms with E-state index in [-0.39, 0.29) is 11.9 Å². The van der Waals surface area contributed by atoms with E-state index in [1.54, 1.807) is 26.4 Å². The molecule has 1 aliphatic rings. The van der Waals surface area contributed by atoms with E-state index in [0.29, 0.717) is 28.1 Å². The van der Waals surface area contributed by atoms with Crippen molar-refractivity contribution < 1.29 is 14.3 Å². The molecular weight excluding hydrogens is 328 g/mol. The molecule has 5 nitrogen and oxygen atoms in total. The van der Waals surface area contributed by atoms with Gasteiger partial charge in [-0.2, -0.15) is 0 Å². The fourth-order valence-electron chi connectivity index (χ4n) is 3.11. The van der Waals surface area contributed by atoms with Gasteiger partial charge in [0.1, 0.15) is 17.5 Å². The molecule has 1 aliphatic carbocycles. The molecule has 0 aromatic heterocycles. The highest BCUT2D eigenvalue weighted by molar-refractivity contribution is 6.32. The van der Waals surface area contributed by atoms with Crippen molar-refractivity contribution in [3.05, 3.63) is 17.2 Å². The van der Waals surface area contributed by atoms with Crippen molar-refractivity contribution in [2.45, 2.75) is 51.6 Å². The van der Waals surface area contributed by atoms with Crippen LogP contribution in [0.25, 0.3) is 0 Å². The number of hydrogen-bond donors (Lipinski definition) is 2. The van der Waals surface area contributed by atoms with Crippen molar-refractivity contribution in [3.63, 3.8) is 0 Å². The summed E-state index contributed by atoms with van der Waals surface area (Å²) in [5.41, 5.74) is 0.669. The first-order valence-corrected chi connectivity index (χ1v) is 8.82. The predicted molar refractivity (Wildman–Crippen MR) is 97.2 cm³/mol. The molecule has 1 fully saturated rings. The lowest BCUT2D eigenvalue weighted by molar-refractivity contribution is -0.122. The SMILES string of the molecule is COc1cc(OC)c(N[C@H](C)C(=O)N[C@@H]2CCCC[C@@H]2C)cc1Cl. The molecule has 0 radical (unpaired) electrons. The predicted octanol–water partition coefficient (Wildman–Crippen LogP) is 3.85. The molecule has 0 heterocycles. The quantitative estimate of drug-likeness (QED) is 0.814. The molecule has 0 unspecified atom stereocenters. The molecule has 24 heavy (non-hydrogen) atoms. The zero-order valence-corrected chi connectivity index (χ0v) is 15.6. The van der Waals surface area contributed by atoms with E-state index in [9.17, 15) is 4.79 Å². The molecule has 1 aromatic rings. The third-order valence-corrected chi connectivity index (χ3v) is 4.97. The molecule has 2 N–H and O–H groups in total. The highest BCUT2D eigenvalue weighted by atomic mass is 35.5. The van der Waals surface area contributed by atoms with Crippen molar-refractivity contribution in [1.29, 1.82) is 0 Å². The molecule has 0 bridgehead atoms. The van der Waals surface area contributed by atoms with Crippen molar-refractivity contribution in [3.8, 4) is 11.5 Å². The van der Waals surface area contributed by atoms with Crippen LogP contribution in [0.1, 0.15) is 39.5 Å². The second-order valence-corrected chi connectivity index (χ2v) is 6.84. The van der Waals surface area contributed by atoms with Gasteiger partial charge in [0.15, 0.2) is 0 Å². The fourth-order valence-corrected chi connectivity index (χ4v) is 3.35. The van der Waals surface area contributed by atoms with Crippen molar-refractivity contribution in [1.82, 2.24) is 5.32 Å². The summed E-state index contributed by atoms with van der Waals surface area (Å²) in [6.45, 7) is 4.04. The number of rotatable bonds is 6. The molecule has 134 valence electrons. The van der Waals surface area contributed by atoms with Crippen LogP contribution in [0.5, 0.6) is 11.5 Å². The third-order valence-electron chi connectivity index (χ3n) is 4.68. The Morgan fingerprint density at radius 3 is 2.50 bits per heavy atom. The number of amides is 1. The van der Waals surface area contributed by atoms with Gasteiger partial charge in [-0.05, 0) is 31.7 Å². The molecule has 1 amide bonds. The van der Waals surface area contributed by atoms with Crippen LogP contribution in [0, 0.1) is 5.92 Å². The summed E-state index contributed by atoms with van der Waals surface area (Å²) in [4.78, 5) is 12.5. The summed E-state index contributed by atoms with van der Waals surface area (Å²) in [6, 6.07) is 3.29. The van der Waals surface area contributed by atoms with Gasteiger partial charge in [-0.25, -0.2) is 0 Å². The van der Waals surface area contributed by atoms with Crippen molar-refractivity contribution in [2.75, 3.05) is 19.5 Å². The maximum atomic E-state index is 12.5. The lowest BCUT2D eigenvalue weighted by Gasteiger charge is -2.30. The number of benzene rings is 1. The van der Waals surface area contributed by atoms with Gasteiger partial charge < -0.3 is 20.1 Å². The Morgan fingerprint density at radius 1 is 1.21 bits per heavy atom. The minimum atomic E-state index is -0.391. The van der Waals surface area contributed by atoms with E-state index in [1.807, 2.05) is 6.92 Å². The number of carbonyl (C=O) groups is 1. The molecule has 0 aliphatic heterocycles. The maximum absolute atomic E-state index is 12.5. The topological polar surface area (TPSA) is 59.6 Å². The smallest absolute Gasteiger partial charge is 0.242 e. The molecular formula is C18H27ClN2O3. The second kappa shape index (κ2) is 8.47. The summed E-state index contributed by atoms with van der Waals surface area (Å²) >= 11 is 6.18. The van der Waals surface area contributed by atoms with E-state index < -0.39 is 6.04 Å². The molecule has 0 saturated heterocycles. The molecule has 1 saturated carbocycles. The second-order valence-electron chi connectivity index (χ2n) is 6.43. The van der Waals surface area contributed by atoms with Gasteiger partial charge in [0.25, 0.3) is 0 Å². The largest absolute Gasteiger partial charge is 0.495 e. The molecule has 6 heteroatoms. The Kier molecular flexibility index (Phi) is 6.60. The molecule has 0 spiro atoms. The Hall–Kier alpha value is -1.62. The highest BCUT2D eigenvalue weighted by Gasteiger charge is 2.25. The van der Waals surface area contributed by atoms with Crippen LogP contribution in [-0.2, 0) is 4.79 Å². The zero-order valence-electron chi connectivity index (χ0n) is 14.8. The molecule has 1 aromatic carbocycles. The van der Waals surface area contributed by atoms with E-state index >= 15 is 0 Å². The summed E-state index contributed by atoms with van der Waals surface area (Å²) < 4.78 is 10.5. The van der Waals surface area contributed by atoms with Crippen molar-refractivity contribution >= 4 is 23.2 Å². The van der Waals surface area contributed by atoms with E-state index in [0.717, 1.165) is 6.42 Å². The van der Waals surface area contributed by atoms with Crippen molar-refractivity contribution in [2.24, 2.45) is 5.92 Å². The van der Waals surface area contributed by atoms with E-state index in [2.05, 4.69) is 17.6 Å². The third kappa shape index (κ3) is 4.47. The van der Waals surface area contributed by atoms with Gasteiger partial charge in [-0.1, -0.05) is 31.4 Å². The normalized spacial score (nSPS) is 21.7. The van der Waals surface area contributed by atoms with E-state index in [1.165, 1.54) is 19.3 Å². The average Bonchev–Trinajstić information content (AvgIpc) is 2.57. The van der Waals surface area contributed by atoms with Crippen LogP contribution in [0.3, 0.4) is 0 Å². The Balaban J connectivity index is 2.04. The van der Waals surface area contributed by atoms with Crippen LogP contribution in [0.2, 0.25) is 5.02 Å².